The van der Waals surface area contributed by atoms with E-state index in [0.29, 0.717) is 45.1 Å². The first-order valence-electron chi connectivity index (χ1n) is 10.0. The first-order chi connectivity index (χ1) is 15.1. The van der Waals surface area contributed by atoms with Gasteiger partial charge in [-0.05, 0) is 62.6 Å². The predicted molar refractivity (Wildman–Crippen MR) is 119 cm³/mol. The van der Waals surface area contributed by atoms with Crippen LogP contribution in [0.25, 0.3) is 27.7 Å². The molecule has 1 aliphatic rings. The van der Waals surface area contributed by atoms with Crippen LogP contribution in [0.1, 0.15) is 31.1 Å². The molecule has 0 fully saturated rings. The minimum atomic E-state index is -4.12. The maximum atomic E-state index is 15.5. The molecule has 2 aromatic carbocycles. The van der Waals surface area contributed by atoms with Crippen molar-refractivity contribution in [1.82, 2.24) is 18.7 Å². The van der Waals surface area contributed by atoms with Gasteiger partial charge in [-0.2, -0.15) is 0 Å². The van der Waals surface area contributed by atoms with Crippen LogP contribution in [0.15, 0.2) is 36.5 Å². The first-order valence-corrected chi connectivity index (χ1v) is 11.6. The van der Waals surface area contributed by atoms with Gasteiger partial charge in [0.05, 0.1) is 22.4 Å². The molecule has 32 heavy (non-hydrogen) atoms. The highest BCUT2D eigenvalue weighted by Crippen LogP contribution is 2.44. The quantitative estimate of drug-likeness (QED) is 0.493. The predicted octanol–water partition coefficient (Wildman–Crippen LogP) is 4.41. The highest BCUT2D eigenvalue weighted by atomic mass is 32.2. The number of rotatable bonds is 3. The van der Waals surface area contributed by atoms with E-state index in [2.05, 4.69) is 15.5 Å². The van der Waals surface area contributed by atoms with Crippen molar-refractivity contribution in [3.8, 4) is 16.8 Å². The summed E-state index contributed by atoms with van der Waals surface area (Å²) in [6.07, 6.45) is 1.32. The summed E-state index contributed by atoms with van der Waals surface area (Å²) in [7, 11) is -4.12. The first kappa shape index (κ1) is 20.6. The van der Waals surface area contributed by atoms with Gasteiger partial charge in [0, 0.05) is 11.6 Å². The van der Waals surface area contributed by atoms with Gasteiger partial charge in [0.1, 0.15) is 11.6 Å². The van der Waals surface area contributed by atoms with Gasteiger partial charge in [-0.3, -0.25) is 4.57 Å². The van der Waals surface area contributed by atoms with Crippen LogP contribution in [0, 0.1) is 19.7 Å². The third kappa shape index (κ3) is 2.72. The fourth-order valence-electron chi connectivity index (χ4n) is 4.49. The lowest BCUT2D eigenvalue weighted by atomic mass is 9.92. The molecule has 7 nitrogen and oxygen atoms in total. The molecule has 1 N–H and O–H groups in total. The van der Waals surface area contributed by atoms with Crippen LogP contribution in [0.2, 0.25) is 0 Å². The third-order valence-corrected chi connectivity index (χ3v) is 7.17. The van der Waals surface area contributed by atoms with E-state index in [-0.39, 0.29) is 0 Å². The Labute approximate surface area is 183 Å². The Morgan fingerprint density at radius 1 is 1.12 bits per heavy atom. The summed E-state index contributed by atoms with van der Waals surface area (Å²) in [5.41, 5.74) is 2.71. The summed E-state index contributed by atoms with van der Waals surface area (Å²) in [4.78, 5) is 0. The van der Waals surface area contributed by atoms with Crippen molar-refractivity contribution in [1.29, 1.82) is 0 Å². The van der Waals surface area contributed by atoms with E-state index < -0.39 is 27.4 Å². The highest BCUT2D eigenvalue weighted by molar-refractivity contribution is 7.89. The van der Waals surface area contributed by atoms with Gasteiger partial charge in [0.15, 0.2) is 5.82 Å². The van der Waals surface area contributed by atoms with E-state index in [1.165, 1.54) is 12.3 Å². The summed E-state index contributed by atoms with van der Waals surface area (Å²) >= 11 is 0. The van der Waals surface area contributed by atoms with Crippen molar-refractivity contribution >= 4 is 26.6 Å². The lowest BCUT2D eigenvalue weighted by Gasteiger charge is -2.35. The van der Waals surface area contributed by atoms with Crippen LogP contribution in [0.4, 0.5) is 14.5 Å². The van der Waals surface area contributed by atoms with Crippen LogP contribution in [-0.4, -0.2) is 33.2 Å². The van der Waals surface area contributed by atoms with Crippen molar-refractivity contribution < 1.29 is 17.2 Å². The molecule has 2 aromatic heterocycles. The van der Waals surface area contributed by atoms with Gasteiger partial charge in [-0.1, -0.05) is 12.1 Å². The topological polar surface area (TPSA) is 81.8 Å². The Morgan fingerprint density at radius 3 is 2.59 bits per heavy atom. The smallest absolute Gasteiger partial charge is 0.268 e. The van der Waals surface area contributed by atoms with Crippen molar-refractivity contribution in [3.05, 3.63) is 59.6 Å². The molecule has 0 radical (unpaired) electrons. The van der Waals surface area contributed by atoms with Crippen molar-refractivity contribution in [2.45, 2.75) is 33.2 Å². The summed E-state index contributed by atoms with van der Waals surface area (Å²) in [5.74, 6) is 0.856. The van der Waals surface area contributed by atoms with Crippen LogP contribution in [-0.2, 0) is 15.6 Å². The van der Waals surface area contributed by atoms with Gasteiger partial charge >= 0.3 is 0 Å². The molecule has 1 aliphatic heterocycles. The fraction of sp³-hybridized carbons (Fsp3) is 0.273. The minimum absolute atomic E-state index is 0.332. The molecule has 0 spiro atoms. The molecule has 0 saturated heterocycles. The summed E-state index contributed by atoms with van der Waals surface area (Å²) in [5, 5.41) is 12.3. The second-order valence-corrected chi connectivity index (χ2v) is 10.3. The number of halogens is 2. The fourth-order valence-corrected chi connectivity index (χ4v) is 5.30. The summed E-state index contributed by atoms with van der Waals surface area (Å²) in [6, 6.07) is 6.61. The largest absolute Gasteiger partial charge is 0.369 e. The Balaban J connectivity index is 1.82. The number of fused-ring (bicyclic) bond motifs is 4. The number of aryl methyl sites for hydroxylation is 1. The van der Waals surface area contributed by atoms with E-state index >= 15 is 4.39 Å². The molecule has 3 heterocycles. The maximum Gasteiger partial charge on any atom is 0.268 e. The van der Waals surface area contributed by atoms with Crippen molar-refractivity contribution in [3.63, 3.8) is 0 Å². The van der Waals surface area contributed by atoms with Gasteiger partial charge in [0.25, 0.3) is 10.0 Å². The van der Waals surface area contributed by atoms with Gasteiger partial charge in [-0.25, -0.2) is 21.2 Å². The van der Waals surface area contributed by atoms with Crippen molar-refractivity contribution in [2.75, 3.05) is 11.3 Å². The number of hydrogen-bond acceptors (Lipinski definition) is 5. The average molecular weight is 458 g/mol. The maximum absolute atomic E-state index is 15.5. The number of nitrogens with one attached hydrogen (secondary N) is 1. The zero-order valence-electron chi connectivity index (χ0n) is 17.9. The zero-order chi connectivity index (χ0) is 23.0. The second-order valence-electron chi connectivity index (χ2n) is 8.48. The van der Waals surface area contributed by atoms with E-state index in [4.69, 9.17) is 0 Å². The third-order valence-electron chi connectivity index (χ3n) is 5.98. The molecule has 0 bridgehead atoms. The SMILES string of the molecule is Cc1c(-c2cccc3c2ccn3S(=O)(=O)CF)cc(F)c2c1-n1c(C)nnc1C(C)(C)N2. The van der Waals surface area contributed by atoms with Gasteiger partial charge in [-0.15, -0.1) is 10.2 Å². The molecular formula is C22H21F2N5O2S. The number of alkyl halides is 1. The van der Waals surface area contributed by atoms with Gasteiger partial charge < -0.3 is 5.32 Å². The van der Waals surface area contributed by atoms with Crippen molar-refractivity contribution in [2.24, 2.45) is 0 Å². The molecular weight excluding hydrogens is 436 g/mol. The Morgan fingerprint density at radius 2 is 1.88 bits per heavy atom. The summed E-state index contributed by atoms with van der Waals surface area (Å²) in [6.45, 7) is 7.51. The Hall–Kier alpha value is -3.27. The number of aromatic nitrogens is 4. The van der Waals surface area contributed by atoms with E-state index in [0.717, 1.165) is 9.54 Å². The number of anilines is 1. The van der Waals surface area contributed by atoms with E-state index in [9.17, 15) is 12.8 Å². The lowest BCUT2D eigenvalue weighted by molar-refractivity contribution is 0.521. The second kappa shape index (κ2) is 6.61. The molecule has 0 atom stereocenters. The molecule has 5 rings (SSSR count). The summed E-state index contributed by atoms with van der Waals surface area (Å²) < 4.78 is 55.6. The molecule has 0 aliphatic carbocycles. The van der Waals surface area contributed by atoms with Crippen LogP contribution >= 0.6 is 0 Å². The molecule has 166 valence electrons. The molecule has 4 aromatic rings. The normalized spacial score (nSPS) is 14.8. The lowest BCUT2D eigenvalue weighted by Crippen LogP contribution is -2.37. The molecule has 0 unspecified atom stereocenters. The van der Waals surface area contributed by atoms with Gasteiger partial charge in [0.2, 0.25) is 6.01 Å². The zero-order valence-corrected chi connectivity index (χ0v) is 18.8. The monoisotopic (exact) mass is 457 g/mol. The average Bonchev–Trinajstić information content (AvgIpc) is 3.35. The van der Waals surface area contributed by atoms with E-state index in [1.54, 1.807) is 24.3 Å². The number of hydrogen-bond donors (Lipinski definition) is 1. The number of nitrogens with zero attached hydrogens (tertiary/aromatic N) is 4. The molecule has 10 heteroatoms. The highest BCUT2D eigenvalue weighted by Gasteiger charge is 2.37. The minimum Gasteiger partial charge on any atom is -0.369 e. The number of benzene rings is 2. The molecule has 0 amide bonds. The Bertz CT molecular complexity index is 1520. The van der Waals surface area contributed by atoms with Crippen LogP contribution in [0.5, 0.6) is 0 Å². The van der Waals surface area contributed by atoms with E-state index in [1.807, 2.05) is 32.3 Å². The van der Waals surface area contributed by atoms with Crippen LogP contribution < -0.4 is 5.32 Å². The van der Waals surface area contributed by atoms with Crippen LogP contribution in [0.3, 0.4) is 0 Å². The molecule has 0 saturated carbocycles. The standard InChI is InChI=1S/C22H21F2N5O2S/c1-12-16(14-6-5-7-18-15(14)8-9-28(18)32(30,31)11-23)10-17(24)19-20(12)29-13(2)26-27-21(29)22(3,4)25-19/h5-10,25H,11H2,1-4H3. The Kier molecular flexibility index (Phi) is 4.26.